The summed E-state index contributed by atoms with van der Waals surface area (Å²) in [5.41, 5.74) is -1.93. The first kappa shape index (κ1) is 54.7. The number of carbonyl (C=O) groups excluding carboxylic acids is 4. The molecule has 4 amide bonds. The lowest BCUT2D eigenvalue weighted by atomic mass is 9.87. The average molecular weight is 843 g/mol. The van der Waals surface area contributed by atoms with Crippen molar-refractivity contribution >= 4 is 23.8 Å². The Morgan fingerprint density at radius 3 is 1.85 bits per heavy atom. The van der Waals surface area contributed by atoms with Gasteiger partial charge >= 0.3 is 6.09 Å². The maximum absolute atomic E-state index is 13.9. The summed E-state index contributed by atoms with van der Waals surface area (Å²) in [6, 6.07) is 0. The normalized spacial score (nSPS) is 25.4. The molecule has 6 atom stereocenters. The van der Waals surface area contributed by atoms with Crippen molar-refractivity contribution in [2.45, 2.75) is 234 Å². The molecular formula is C50H87FN4O5. The van der Waals surface area contributed by atoms with Crippen molar-refractivity contribution in [1.29, 1.82) is 0 Å². The molecule has 1 saturated carbocycles. The monoisotopic (exact) mass is 843 g/mol. The zero-order valence-corrected chi connectivity index (χ0v) is 40.4. The van der Waals surface area contributed by atoms with Gasteiger partial charge in [-0.15, -0.1) is 0 Å². The molecule has 4 N–H and O–H groups in total. The predicted octanol–water partition coefficient (Wildman–Crippen LogP) is 11.2. The zero-order valence-electron chi connectivity index (χ0n) is 40.4. The second kappa shape index (κ2) is 25.6. The van der Waals surface area contributed by atoms with Crippen molar-refractivity contribution < 1.29 is 28.3 Å². The van der Waals surface area contributed by atoms with Gasteiger partial charge in [-0.3, -0.25) is 14.4 Å². The molecule has 9 nitrogen and oxygen atoms in total. The highest BCUT2D eigenvalue weighted by Gasteiger charge is 2.40. The first-order valence-electron chi connectivity index (χ1n) is 23.0. The molecule has 0 spiro atoms. The summed E-state index contributed by atoms with van der Waals surface area (Å²) in [7, 11) is 0. The molecule has 4 aliphatic carbocycles. The Labute approximate surface area is 365 Å². The van der Waals surface area contributed by atoms with Crippen molar-refractivity contribution in [3.05, 3.63) is 24.3 Å². The Kier molecular flexibility index (Phi) is 23.3. The third-order valence-electron chi connectivity index (χ3n) is 10.2. The van der Waals surface area contributed by atoms with Crippen molar-refractivity contribution in [3.8, 4) is 11.8 Å². The minimum atomic E-state index is -1.35. The van der Waals surface area contributed by atoms with Crippen LogP contribution < -0.4 is 21.3 Å². The van der Waals surface area contributed by atoms with Gasteiger partial charge in [0.05, 0.1) is 0 Å². The topological polar surface area (TPSA) is 126 Å². The third kappa shape index (κ3) is 28.2. The van der Waals surface area contributed by atoms with Gasteiger partial charge in [0.2, 0.25) is 17.7 Å². The number of fused-ring (bicyclic) bond motifs is 2. The standard InChI is InChI=1S/C16H26FNO.C13H23NO2.C12H19NO.C9H19NO/c1-15(2,3)18-14(19)9-8-13-7-5-6-11-16(4,17)12-10-13;1-13(2,3)14-12(15)16-11-9-7-5-4-6-8-10-11;1-12(2,3)13-11(14)10-7-8-4-5-9(10)6-8;1-5-6-7-8(11)10-9(2,3)4/h13H,5,7-10,12H2,1-4H3,(H,18,19);4-5,11H,6-10H2,1-3H3,(H,14,15);4-5,8-10H,6-7H2,1-3H3,(H,13,14);5-7H2,1-4H3,(H,10,11)/b;5-4+;;. The van der Waals surface area contributed by atoms with Gasteiger partial charge in [-0.25, -0.2) is 9.18 Å². The molecule has 0 aromatic rings. The number of hydrogen-bond acceptors (Lipinski definition) is 5. The largest absolute Gasteiger partial charge is 0.446 e. The van der Waals surface area contributed by atoms with Crippen LogP contribution in [0.4, 0.5) is 9.18 Å². The number of alkyl carbamates (subject to hydrolysis) is 1. The first-order valence-corrected chi connectivity index (χ1v) is 23.0. The molecule has 10 heteroatoms. The van der Waals surface area contributed by atoms with Crippen LogP contribution in [0.5, 0.6) is 0 Å². The molecule has 1 fully saturated rings. The van der Waals surface area contributed by atoms with Gasteiger partial charge in [-0.2, -0.15) is 0 Å². The molecule has 6 unspecified atom stereocenters. The van der Waals surface area contributed by atoms with E-state index < -0.39 is 5.67 Å². The van der Waals surface area contributed by atoms with E-state index in [2.05, 4.69) is 64.3 Å². The highest BCUT2D eigenvalue weighted by molar-refractivity contribution is 5.80. The molecule has 0 heterocycles. The lowest BCUT2D eigenvalue weighted by Gasteiger charge is -2.25. The highest BCUT2D eigenvalue weighted by Crippen LogP contribution is 2.43. The fourth-order valence-electron chi connectivity index (χ4n) is 7.40. The van der Waals surface area contributed by atoms with E-state index in [0.29, 0.717) is 37.0 Å². The Bertz CT molecular complexity index is 1450. The second-order valence-electron chi connectivity index (χ2n) is 21.7. The molecule has 4 rings (SSSR count). The Morgan fingerprint density at radius 2 is 1.32 bits per heavy atom. The smallest absolute Gasteiger partial charge is 0.407 e. The van der Waals surface area contributed by atoms with E-state index in [4.69, 9.17) is 4.74 Å². The number of rotatable bonds is 8. The summed E-state index contributed by atoms with van der Waals surface area (Å²) in [6.07, 6.45) is 23.2. The molecule has 0 aliphatic heterocycles. The number of allylic oxidation sites excluding steroid dienone is 4. The van der Waals surface area contributed by atoms with E-state index in [-0.39, 0.29) is 58.0 Å². The van der Waals surface area contributed by atoms with Gasteiger partial charge in [0.1, 0.15) is 6.10 Å². The van der Waals surface area contributed by atoms with Crippen LogP contribution in [0.25, 0.3) is 0 Å². The van der Waals surface area contributed by atoms with E-state index in [9.17, 15) is 23.6 Å². The van der Waals surface area contributed by atoms with Crippen LogP contribution in [-0.4, -0.2) is 57.7 Å². The average Bonchev–Trinajstić information content (AvgIpc) is 3.69. The number of ether oxygens (including phenoxy) is 1. The number of carbonyl (C=O) groups is 4. The van der Waals surface area contributed by atoms with Gasteiger partial charge in [0.15, 0.2) is 5.67 Å². The van der Waals surface area contributed by atoms with Crippen LogP contribution in [0.1, 0.15) is 200 Å². The fraction of sp³-hybridized carbons (Fsp3) is 0.800. The minimum absolute atomic E-state index is 0.0762. The molecule has 0 aromatic heterocycles. The third-order valence-corrected chi connectivity index (χ3v) is 10.2. The minimum Gasteiger partial charge on any atom is -0.446 e. The highest BCUT2D eigenvalue weighted by atomic mass is 19.1. The fourth-order valence-corrected chi connectivity index (χ4v) is 7.40. The molecule has 4 aliphatic rings. The molecule has 0 aromatic carbocycles. The van der Waals surface area contributed by atoms with Gasteiger partial charge in [-0.05, 0) is 185 Å². The molecule has 0 saturated heterocycles. The van der Waals surface area contributed by atoms with Gasteiger partial charge in [0, 0.05) is 47.3 Å². The lowest BCUT2D eigenvalue weighted by molar-refractivity contribution is -0.127. The molecular weight excluding hydrogens is 756 g/mol. The molecule has 60 heavy (non-hydrogen) atoms. The van der Waals surface area contributed by atoms with Gasteiger partial charge in [0.25, 0.3) is 0 Å². The molecule has 344 valence electrons. The van der Waals surface area contributed by atoms with Gasteiger partial charge in [-0.1, -0.05) is 49.5 Å². The van der Waals surface area contributed by atoms with Gasteiger partial charge < -0.3 is 26.0 Å². The Balaban J connectivity index is 0.000000407. The Morgan fingerprint density at radius 1 is 0.733 bits per heavy atom. The number of amides is 4. The maximum Gasteiger partial charge on any atom is 0.407 e. The van der Waals surface area contributed by atoms with E-state index >= 15 is 0 Å². The summed E-state index contributed by atoms with van der Waals surface area (Å²) in [6.45, 7) is 27.5. The predicted molar refractivity (Wildman–Crippen MR) is 246 cm³/mol. The number of alkyl halides is 1. The summed E-state index contributed by atoms with van der Waals surface area (Å²) in [5.74, 6) is 7.93. The van der Waals surface area contributed by atoms with Crippen LogP contribution >= 0.6 is 0 Å². The van der Waals surface area contributed by atoms with Crippen molar-refractivity contribution in [3.63, 3.8) is 0 Å². The van der Waals surface area contributed by atoms with Crippen molar-refractivity contribution in [2.75, 3.05) is 0 Å². The van der Waals surface area contributed by atoms with Crippen LogP contribution in [0.3, 0.4) is 0 Å². The van der Waals surface area contributed by atoms with Crippen LogP contribution in [-0.2, 0) is 19.1 Å². The van der Waals surface area contributed by atoms with Crippen LogP contribution in [0.15, 0.2) is 24.3 Å². The number of nitrogens with one attached hydrogen (secondary N) is 4. The first-order chi connectivity index (χ1) is 27.6. The number of halogens is 1. The van der Waals surface area contributed by atoms with Crippen LogP contribution in [0, 0.1) is 35.5 Å². The molecule has 2 bridgehead atoms. The van der Waals surface area contributed by atoms with E-state index in [1.807, 2.05) is 83.1 Å². The SMILES string of the molecule is CC(C)(C)NC(=O)C1CC2C=CC1C2.CC(C)(C)NC(=O)OC1CC/C=C/CCC1.CC1(F)C#CCCC(CCC(=O)NC(C)(C)C)CC1.CCCCC(=O)NC(C)(C)C. The van der Waals surface area contributed by atoms with E-state index in [0.717, 1.165) is 77.0 Å². The summed E-state index contributed by atoms with van der Waals surface area (Å²) in [5, 5.41) is 11.8. The van der Waals surface area contributed by atoms with Crippen LogP contribution in [0.2, 0.25) is 0 Å². The van der Waals surface area contributed by atoms with Crippen molar-refractivity contribution in [1.82, 2.24) is 21.3 Å². The van der Waals surface area contributed by atoms with E-state index in [1.165, 1.54) is 6.42 Å². The van der Waals surface area contributed by atoms with E-state index in [1.54, 1.807) is 6.92 Å². The molecule has 0 radical (unpaired) electrons. The zero-order chi connectivity index (χ0) is 45.8. The second-order valence-corrected chi connectivity index (χ2v) is 21.7. The number of hydrogen-bond donors (Lipinski definition) is 4. The van der Waals surface area contributed by atoms with Crippen molar-refractivity contribution in [2.24, 2.45) is 23.7 Å². The summed E-state index contributed by atoms with van der Waals surface area (Å²) >= 11 is 0. The quantitative estimate of drug-likeness (QED) is 0.143. The Hall–Kier alpha value is -3.35. The number of unbranched alkanes of at least 4 members (excludes halogenated alkanes) is 1. The summed E-state index contributed by atoms with van der Waals surface area (Å²) < 4.78 is 19.3. The lowest BCUT2D eigenvalue weighted by Crippen LogP contribution is -2.44. The maximum atomic E-state index is 13.9. The summed E-state index contributed by atoms with van der Waals surface area (Å²) in [4.78, 5) is 46.4.